The normalized spacial score (nSPS) is 15.8. The van der Waals surface area contributed by atoms with Crippen molar-refractivity contribution in [2.75, 3.05) is 16.8 Å². The van der Waals surface area contributed by atoms with E-state index in [1.165, 1.54) is 12.1 Å². The van der Waals surface area contributed by atoms with Gasteiger partial charge in [-0.25, -0.2) is 4.39 Å². The lowest BCUT2D eigenvalue weighted by atomic mass is 10.0. The van der Waals surface area contributed by atoms with Gasteiger partial charge in [-0.2, -0.15) is 0 Å². The number of benzene rings is 2. The molecule has 2 aromatic rings. The topological polar surface area (TPSA) is 41.6 Å². The summed E-state index contributed by atoms with van der Waals surface area (Å²) < 4.78 is 19.1. The summed E-state index contributed by atoms with van der Waals surface area (Å²) in [5.74, 6) is 0.0987. The molecule has 0 radical (unpaired) electrons. The summed E-state index contributed by atoms with van der Waals surface area (Å²) in [6.45, 7) is 6.27. The quantitative estimate of drug-likeness (QED) is 0.927. The van der Waals surface area contributed by atoms with Gasteiger partial charge in [0.1, 0.15) is 11.6 Å². The second-order valence-electron chi connectivity index (χ2n) is 5.94. The van der Waals surface area contributed by atoms with Gasteiger partial charge < -0.3 is 10.1 Å². The molecule has 0 spiro atoms. The van der Waals surface area contributed by atoms with Gasteiger partial charge in [0.05, 0.1) is 5.69 Å². The lowest BCUT2D eigenvalue weighted by Crippen LogP contribution is -2.50. The van der Waals surface area contributed by atoms with Crippen molar-refractivity contribution in [3.05, 3.63) is 48.3 Å². The summed E-state index contributed by atoms with van der Waals surface area (Å²) in [5.41, 5.74) is 1.20. The van der Waals surface area contributed by atoms with Crippen molar-refractivity contribution in [2.45, 2.75) is 26.4 Å². The number of hydrogen-bond acceptors (Lipinski definition) is 3. The van der Waals surface area contributed by atoms with Crippen LogP contribution in [0.5, 0.6) is 5.75 Å². The number of nitrogens with one attached hydrogen (secondary N) is 1. The largest absolute Gasteiger partial charge is 0.476 e. The average Bonchev–Trinajstić information content (AvgIpc) is 2.50. The second kappa shape index (κ2) is 5.57. The van der Waals surface area contributed by atoms with E-state index in [1.807, 2.05) is 25.1 Å². The van der Waals surface area contributed by atoms with E-state index in [0.29, 0.717) is 17.1 Å². The van der Waals surface area contributed by atoms with Crippen molar-refractivity contribution >= 4 is 23.0 Å². The minimum Gasteiger partial charge on any atom is -0.476 e. The van der Waals surface area contributed by atoms with Gasteiger partial charge in [0.2, 0.25) is 0 Å². The maximum atomic E-state index is 13.2. The standard InChI is InChI=1S/C18H19FN2O2/c1-4-20-13-7-10-15-16(11-13)23-18(2,3)17(22)21(15)14-8-5-12(19)6-9-14/h5-11,20H,4H2,1-3H3. The van der Waals surface area contributed by atoms with Crippen molar-refractivity contribution in [1.82, 2.24) is 0 Å². The second-order valence-corrected chi connectivity index (χ2v) is 5.94. The van der Waals surface area contributed by atoms with E-state index in [-0.39, 0.29) is 11.7 Å². The Hall–Kier alpha value is -2.56. The first-order chi connectivity index (χ1) is 10.9. The molecule has 0 fully saturated rings. The van der Waals surface area contributed by atoms with Gasteiger partial charge in [0, 0.05) is 24.0 Å². The summed E-state index contributed by atoms with van der Waals surface area (Å²) in [6, 6.07) is 11.5. The third kappa shape index (κ3) is 2.74. The molecule has 2 aromatic carbocycles. The van der Waals surface area contributed by atoms with Gasteiger partial charge in [-0.1, -0.05) is 0 Å². The van der Waals surface area contributed by atoms with Crippen molar-refractivity contribution < 1.29 is 13.9 Å². The highest BCUT2D eigenvalue weighted by Crippen LogP contribution is 2.43. The first kappa shape index (κ1) is 15.3. The SMILES string of the molecule is CCNc1ccc2c(c1)OC(C)(C)C(=O)N2c1ccc(F)cc1. The molecular weight excluding hydrogens is 295 g/mol. The molecule has 23 heavy (non-hydrogen) atoms. The zero-order valence-electron chi connectivity index (χ0n) is 13.4. The molecule has 1 aliphatic rings. The smallest absolute Gasteiger partial charge is 0.275 e. The molecule has 1 N–H and O–H groups in total. The fourth-order valence-electron chi connectivity index (χ4n) is 2.64. The third-order valence-electron chi connectivity index (χ3n) is 3.75. The molecule has 120 valence electrons. The van der Waals surface area contributed by atoms with Crippen LogP contribution in [-0.2, 0) is 4.79 Å². The van der Waals surface area contributed by atoms with Crippen molar-refractivity contribution in [3.63, 3.8) is 0 Å². The predicted molar refractivity (Wildman–Crippen MR) is 88.9 cm³/mol. The highest BCUT2D eigenvalue weighted by molar-refractivity contribution is 6.08. The van der Waals surface area contributed by atoms with Gasteiger partial charge in [-0.15, -0.1) is 0 Å². The summed E-state index contributed by atoms with van der Waals surface area (Å²) >= 11 is 0. The molecule has 0 atom stereocenters. The average molecular weight is 314 g/mol. The predicted octanol–water partition coefficient (Wildman–Crippen LogP) is 4.09. The van der Waals surface area contributed by atoms with E-state index in [4.69, 9.17) is 4.74 Å². The van der Waals surface area contributed by atoms with Crippen LogP contribution in [0.25, 0.3) is 0 Å². The number of rotatable bonds is 3. The fourth-order valence-corrected chi connectivity index (χ4v) is 2.64. The highest BCUT2D eigenvalue weighted by atomic mass is 19.1. The summed E-state index contributed by atoms with van der Waals surface area (Å²) in [5, 5.41) is 3.23. The molecule has 4 nitrogen and oxygen atoms in total. The number of fused-ring (bicyclic) bond motifs is 1. The molecule has 0 saturated heterocycles. The van der Waals surface area contributed by atoms with E-state index in [9.17, 15) is 9.18 Å². The van der Waals surface area contributed by atoms with Crippen LogP contribution in [0.15, 0.2) is 42.5 Å². The number of halogens is 1. The Bertz CT molecular complexity index is 741. The maximum Gasteiger partial charge on any atom is 0.275 e. The first-order valence-corrected chi connectivity index (χ1v) is 7.59. The molecule has 0 bridgehead atoms. The number of anilines is 3. The lowest BCUT2D eigenvalue weighted by Gasteiger charge is -2.39. The third-order valence-corrected chi connectivity index (χ3v) is 3.75. The van der Waals surface area contributed by atoms with Crippen LogP contribution in [0.4, 0.5) is 21.5 Å². The molecule has 0 unspecified atom stereocenters. The van der Waals surface area contributed by atoms with Crippen LogP contribution in [0, 0.1) is 5.82 Å². The molecule has 0 aromatic heterocycles. The first-order valence-electron chi connectivity index (χ1n) is 7.59. The van der Waals surface area contributed by atoms with Crippen molar-refractivity contribution in [1.29, 1.82) is 0 Å². The summed E-state index contributed by atoms with van der Waals surface area (Å²) in [6.07, 6.45) is 0. The van der Waals surface area contributed by atoms with Gasteiger partial charge >= 0.3 is 0 Å². The molecular formula is C18H19FN2O2. The molecule has 1 amide bonds. The monoisotopic (exact) mass is 314 g/mol. The Morgan fingerprint density at radius 1 is 1.17 bits per heavy atom. The number of carbonyl (C=O) groups is 1. The molecule has 1 aliphatic heterocycles. The van der Waals surface area contributed by atoms with Crippen LogP contribution >= 0.6 is 0 Å². The van der Waals surface area contributed by atoms with Crippen molar-refractivity contribution in [3.8, 4) is 5.75 Å². The van der Waals surface area contributed by atoms with Crippen LogP contribution in [0.2, 0.25) is 0 Å². The van der Waals surface area contributed by atoms with Gasteiger partial charge in [0.25, 0.3) is 5.91 Å². The number of hydrogen-bond donors (Lipinski definition) is 1. The van der Waals surface area contributed by atoms with Crippen LogP contribution in [0.3, 0.4) is 0 Å². The zero-order chi connectivity index (χ0) is 16.6. The van der Waals surface area contributed by atoms with Crippen LogP contribution in [-0.4, -0.2) is 18.1 Å². The number of ether oxygens (including phenoxy) is 1. The Balaban J connectivity index is 2.12. The van der Waals surface area contributed by atoms with E-state index in [0.717, 1.165) is 12.2 Å². The Kier molecular flexibility index (Phi) is 3.72. The fraction of sp³-hybridized carbons (Fsp3) is 0.278. The van der Waals surface area contributed by atoms with E-state index >= 15 is 0 Å². The Labute approximate surface area is 134 Å². The van der Waals surface area contributed by atoms with Gasteiger partial charge in [0.15, 0.2) is 5.60 Å². The molecule has 5 heteroatoms. The van der Waals surface area contributed by atoms with E-state index in [2.05, 4.69) is 5.32 Å². The van der Waals surface area contributed by atoms with Crippen molar-refractivity contribution in [2.24, 2.45) is 0 Å². The minimum atomic E-state index is -0.994. The van der Waals surface area contributed by atoms with Crippen LogP contribution in [0.1, 0.15) is 20.8 Å². The summed E-state index contributed by atoms with van der Waals surface area (Å²) in [7, 11) is 0. The maximum absolute atomic E-state index is 13.2. The zero-order valence-corrected chi connectivity index (χ0v) is 13.4. The van der Waals surface area contributed by atoms with Gasteiger partial charge in [-0.3, -0.25) is 9.69 Å². The highest BCUT2D eigenvalue weighted by Gasteiger charge is 2.41. The lowest BCUT2D eigenvalue weighted by molar-refractivity contribution is -0.131. The van der Waals surface area contributed by atoms with Crippen LogP contribution < -0.4 is 15.0 Å². The molecule has 1 heterocycles. The van der Waals surface area contributed by atoms with Gasteiger partial charge in [-0.05, 0) is 57.2 Å². The molecule has 3 rings (SSSR count). The Morgan fingerprint density at radius 2 is 1.87 bits per heavy atom. The van der Waals surface area contributed by atoms with E-state index in [1.54, 1.807) is 30.9 Å². The molecule has 0 saturated carbocycles. The van der Waals surface area contributed by atoms with E-state index < -0.39 is 5.60 Å². The number of amides is 1. The summed E-state index contributed by atoms with van der Waals surface area (Å²) in [4.78, 5) is 14.4. The minimum absolute atomic E-state index is 0.187. The number of nitrogens with zero attached hydrogens (tertiary/aromatic N) is 1. The number of carbonyl (C=O) groups excluding carboxylic acids is 1. The molecule has 0 aliphatic carbocycles. The Morgan fingerprint density at radius 3 is 2.52 bits per heavy atom.